The van der Waals surface area contributed by atoms with Crippen molar-refractivity contribution in [3.05, 3.63) is 30.5 Å². The van der Waals surface area contributed by atoms with Crippen LogP contribution < -0.4 is 15.2 Å². The minimum Gasteiger partial charge on any atom is -0.497 e. The third-order valence-corrected chi connectivity index (χ3v) is 4.20. The summed E-state index contributed by atoms with van der Waals surface area (Å²) in [5.41, 5.74) is 6.24. The van der Waals surface area contributed by atoms with Gasteiger partial charge in [-0.15, -0.1) is 0 Å². The molecule has 2 atom stereocenters. The Hall–Kier alpha value is -1.81. The Balaban J connectivity index is 1.89. The van der Waals surface area contributed by atoms with Crippen molar-refractivity contribution in [2.75, 3.05) is 7.11 Å². The summed E-state index contributed by atoms with van der Waals surface area (Å²) in [6, 6.07) is 8.00. The minimum absolute atomic E-state index is 0.0627. The number of nitrogens with two attached hydrogens (primary N) is 1. The van der Waals surface area contributed by atoms with Gasteiger partial charge < -0.3 is 15.2 Å². The Morgan fingerprint density at radius 3 is 2.86 bits per heavy atom. The maximum atomic E-state index is 6.24. The van der Waals surface area contributed by atoms with E-state index in [1.165, 1.54) is 19.3 Å². The van der Waals surface area contributed by atoms with Crippen molar-refractivity contribution < 1.29 is 9.47 Å². The Morgan fingerprint density at radius 1 is 1.14 bits per heavy atom. The molecule has 0 saturated heterocycles. The van der Waals surface area contributed by atoms with Gasteiger partial charge in [-0.2, -0.15) is 0 Å². The van der Waals surface area contributed by atoms with Crippen LogP contribution in [0.25, 0.3) is 10.8 Å². The molecule has 2 N–H and O–H groups in total. The second-order valence-corrected chi connectivity index (χ2v) is 5.66. The lowest BCUT2D eigenvalue weighted by Crippen LogP contribution is -2.38. The summed E-state index contributed by atoms with van der Waals surface area (Å²) in [5.74, 6) is 1.52. The fraction of sp³-hybridized carbons (Fsp3) is 0.471. The van der Waals surface area contributed by atoms with Crippen LogP contribution in [0.2, 0.25) is 0 Å². The fourth-order valence-corrected chi connectivity index (χ4v) is 2.94. The molecule has 1 aromatic heterocycles. The molecule has 0 radical (unpaired) electrons. The van der Waals surface area contributed by atoms with Gasteiger partial charge >= 0.3 is 0 Å². The summed E-state index contributed by atoms with van der Waals surface area (Å²) in [6.45, 7) is 0. The molecule has 112 valence electrons. The van der Waals surface area contributed by atoms with Gasteiger partial charge in [0.25, 0.3) is 0 Å². The highest BCUT2D eigenvalue weighted by Gasteiger charge is 2.23. The lowest BCUT2D eigenvalue weighted by molar-refractivity contribution is 0.158. The molecule has 21 heavy (non-hydrogen) atoms. The van der Waals surface area contributed by atoms with Crippen molar-refractivity contribution in [3.8, 4) is 11.6 Å². The fourth-order valence-electron chi connectivity index (χ4n) is 2.94. The quantitative estimate of drug-likeness (QED) is 0.880. The number of aromatic nitrogens is 1. The molecular weight excluding hydrogens is 264 g/mol. The van der Waals surface area contributed by atoms with E-state index in [9.17, 15) is 0 Å². The first kappa shape index (κ1) is 14.1. The van der Waals surface area contributed by atoms with Gasteiger partial charge in [0.1, 0.15) is 11.9 Å². The maximum Gasteiger partial charge on any atom is 0.221 e. The van der Waals surface area contributed by atoms with Crippen molar-refractivity contribution in [1.29, 1.82) is 0 Å². The number of ether oxygens (including phenoxy) is 2. The zero-order valence-corrected chi connectivity index (χ0v) is 12.4. The third-order valence-electron chi connectivity index (χ3n) is 4.20. The molecule has 1 heterocycles. The predicted molar refractivity (Wildman–Crippen MR) is 83.8 cm³/mol. The molecule has 1 aliphatic rings. The van der Waals surface area contributed by atoms with Crippen molar-refractivity contribution in [2.24, 2.45) is 5.73 Å². The van der Waals surface area contributed by atoms with Gasteiger partial charge in [-0.05, 0) is 48.9 Å². The van der Waals surface area contributed by atoms with Crippen LogP contribution in [0.4, 0.5) is 0 Å². The number of methoxy groups -OCH3 is 1. The van der Waals surface area contributed by atoms with E-state index in [-0.39, 0.29) is 12.1 Å². The Kier molecular flexibility index (Phi) is 4.25. The molecule has 1 aromatic carbocycles. The van der Waals surface area contributed by atoms with Crippen molar-refractivity contribution in [2.45, 2.75) is 44.2 Å². The Labute approximate surface area is 125 Å². The first-order chi connectivity index (χ1) is 10.3. The largest absolute Gasteiger partial charge is 0.497 e. The van der Waals surface area contributed by atoms with Crippen molar-refractivity contribution in [3.63, 3.8) is 0 Å². The second-order valence-electron chi connectivity index (χ2n) is 5.66. The summed E-state index contributed by atoms with van der Waals surface area (Å²) in [6.07, 6.45) is 7.50. The van der Waals surface area contributed by atoms with E-state index in [1.807, 2.05) is 24.3 Å². The highest BCUT2D eigenvalue weighted by Crippen LogP contribution is 2.29. The number of fused-ring (bicyclic) bond motifs is 1. The van der Waals surface area contributed by atoms with E-state index in [0.717, 1.165) is 29.4 Å². The Bertz CT molecular complexity index is 615. The molecule has 0 aliphatic heterocycles. The molecule has 0 spiro atoms. The van der Waals surface area contributed by atoms with Gasteiger partial charge in [0.05, 0.1) is 7.11 Å². The van der Waals surface area contributed by atoms with Crippen molar-refractivity contribution in [1.82, 2.24) is 4.98 Å². The molecule has 0 amide bonds. The average molecular weight is 286 g/mol. The molecule has 4 heteroatoms. The van der Waals surface area contributed by atoms with Crippen molar-refractivity contribution >= 4 is 10.8 Å². The van der Waals surface area contributed by atoms with Gasteiger partial charge in [-0.25, -0.2) is 4.98 Å². The molecule has 2 aromatic rings. The third kappa shape index (κ3) is 3.10. The van der Waals surface area contributed by atoms with E-state index in [1.54, 1.807) is 13.3 Å². The maximum absolute atomic E-state index is 6.24. The second kappa shape index (κ2) is 6.31. The van der Waals surface area contributed by atoms with Crippen LogP contribution in [-0.2, 0) is 0 Å². The first-order valence-corrected chi connectivity index (χ1v) is 7.63. The molecule has 4 nitrogen and oxygen atoms in total. The highest BCUT2D eigenvalue weighted by atomic mass is 16.5. The lowest BCUT2D eigenvalue weighted by Gasteiger charge is -2.23. The topological polar surface area (TPSA) is 57.4 Å². The van der Waals surface area contributed by atoms with E-state index in [4.69, 9.17) is 15.2 Å². The number of pyridine rings is 1. The van der Waals surface area contributed by atoms with Gasteiger partial charge in [-0.3, -0.25) is 0 Å². The lowest BCUT2D eigenvalue weighted by atomic mass is 10.1. The number of hydrogen-bond acceptors (Lipinski definition) is 4. The zero-order chi connectivity index (χ0) is 14.7. The number of hydrogen-bond donors (Lipinski definition) is 1. The minimum atomic E-state index is 0.0627. The van der Waals surface area contributed by atoms with Crippen LogP contribution in [0.3, 0.4) is 0 Å². The normalized spacial score (nSPS) is 22.8. The van der Waals surface area contributed by atoms with E-state index in [0.29, 0.717) is 5.88 Å². The summed E-state index contributed by atoms with van der Waals surface area (Å²) in [4.78, 5) is 4.40. The van der Waals surface area contributed by atoms with Crippen LogP contribution >= 0.6 is 0 Å². The molecule has 2 unspecified atom stereocenters. The smallest absolute Gasteiger partial charge is 0.221 e. The number of nitrogens with zero attached hydrogens (tertiary/aromatic N) is 1. The molecule has 1 fully saturated rings. The van der Waals surface area contributed by atoms with Crippen LogP contribution in [0.15, 0.2) is 30.5 Å². The highest BCUT2D eigenvalue weighted by molar-refractivity contribution is 5.87. The zero-order valence-electron chi connectivity index (χ0n) is 12.4. The molecule has 0 bridgehead atoms. The number of benzene rings is 1. The molecule has 1 saturated carbocycles. The Morgan fingerprint density at radius 2 is 2.00 bits per heavy atom. The van der Waals surface area contributed by atoms with Gasteiger partial charge in [0, 0.05) is 17.6 Å². The summed E-state index contributed by atoms with van der Waals surface area (Å²) in [7, 11) is 1.67. The predicted octanol–water partition coefficient (Wildman–Crippen LogP) is 3.28. The van der Waals surface area contributed by atoms with Gasteiger partial charge in [0.2, 0.25) is 5.88 Å². The van der Waals surface area contributed by atoms with Crippen LogP contribution in [0.1, 0.15) is 32.1 Å². The summed E-state index contributed by atoms with van der Waals surface area (Å²) >= 11 is 0. The summed E-state index contributed by atoms with van der Waals surface area (Å²) in [5, 5.41) is 2.08. The van der Waals surface area contributed by atoms with Crippen LogP contribution in [0, 0.1) is 0 Å². The summed E-state index contributed by atoms with van der Waals surface area (Å²) < 4.78 is 11.4. The number of rotatable bonds is 3. The molecule has 1 aliphatic carbocycles. The van der Waals surface area contributed by atoms with Crippen LogP contribution in [0.5, 0.6) is 11.6 Å². The van der Waals surface area contributed by atoms with Gasteiger partial charge in [-0.1, -0.05) is 12.8 Å². The van der Waals surface area contributed by atoms with Crippen LogP contribution in [-0.4, -0.2) is 24.2 Å². The molecular formula is C17H22N2O2. The first-order valence-electron chi connectivity index (χ1n) is 7.63. The average Bonchev–Trinajstić information content (AvgIpc) is 2.72. The van der Waals surface area contributed by atoms with E-state index >= 15 is 0 Å². The monoisotopic (exact) mass is 286 g/mol. The standard InChI is InChI=1S/C17H22N2O2/c1-20-13-7-8-14-12(11-13)9-10-19-17(14)21-16-6-4-2-3-5-15(16)18/h7-11,15-16H,2-6,18H2,1H3. The molecule has 3 rings (SSSR count). The SMILES string of the molecule is COc1ccc2c(OC3CCCCCC3N)nccc2c1. The van der Waals surface area contributed by atoms with E-state index in [2.05, 4.69) is 4.98 Å². The van der Waals surface area contributed by atoms with E-state index < -0.39 is 0 Å². The van der Waals surface area contributed by atoms with Gasteiger partial charge in [0.15, 0.2) is 0 Å².